The topological polar surface area (TPSA) is 58.6 Å². The molecule has 2 N–H and O–H groups in total. The molecule has 24 heavy (non-hydrogen) atoms. The highest BCUT2D eigenvalue weighted by molar-refractivity contribution is 6.35. The lowest BCUT2D eigenvalue weighted by atomic mass is 10.00. The largest absolute Gasteiger partial charge is 0.489 e. The van der Waals surface area contributed by atoms with E-state index >= 15 is 0 Å². The summed E-state index contributed by atoms with van der Waals surface area (Å²) < 4.78 is 6.03. The molecule has 0 aromatic heterocycles. The van der Waals surface area contributed by atoms with E-state index in [9.17, 15) is 4.79 Å². The highest BCUT2D eigenvalue weighted by Gasteiger charge is 2.27. The van der Waals surface area contributed by atoms with Gasteiger partial charge in [0.1, 0.15) is 11.9 Å². The SMILES string of the molecule is O=C(O)NCCC1Cc2cc(Cl)cc(-c3cc(Cl)ccc3Cl)c2O1. The van der Waals surface area contributed by atoms with Gasteiger partial charge in [-0.1, -0.05) is 34.8 Å². The van der Waals surface area contributed by atoms with Crippen LogP contribution in [-0.2, 0) is 6.42 Å². The lowest BCUT2D eigenvalue weighted by molar-refractivity contribution is 0.188. The summed E-state index contributed by atoms with van der Waals surface area (Å²) in [4.78, 5) is 10.5. The van der Waals surface area contributed by atoms with E-state index in [0.29, 0.717) is 34.5 Å². The van der Waals surface area contributed by atoms with Gasteiger partial charge in [0.25, 0.3) is 0 Å². The minimum absolute atomic E-state index is 0.109. The number of fused-ring (bicyclic) bond motifs is 1. The molecule has 0 spiro atoms. The second kappa shape index (κ2) is 7.09. The minimum atomic E-state index is -1.04. The summed E-state index contributed by atoms with van der Waals surface area (Å²) in [6, 6.07) is 8.90. The Morgan fingerprint density at radius 1 is 1.17 bits per heavy atom. The first-order valence-electron chi connectivity index (χ1n) is 7.35. The number of carboxylic acid groups (broad SMARTS) is 1. The van der Waals surface area contributed by atoms with Crippen LogP contribution in [-0.4, -0.2) is 23.8 Å². The average Bonchev–Trinajstić information content (AvgIpc) is 2.91. The summed E-state index contributed by atoms with van der Waals surface area (Å²) in [5, 5.41) is 12.7. The summed E-state index contributed by atoms with van der Waals surface area (Å²) in [7, 11) is 0. The molecule has 126 valence electrons. The van der Waals surface area contributed by atoms with Crippen molar-refractivity contribution in [2.75, 3.05) is 6.54 Å². The van der Waals surface area contributed by atoms with Gasteiger partial charge in [-0.25, -0.2) is 4.79 Å². The molecule has 1 heterocycles. The zero-order valence-electron chi connectivity index (χ0n) is 12.5. The Balaban J connectivity index is 1.90. The first kappa shape index (κ1) is 17.2. The van der Waals surface area contributed by atoms with Gasteiger partial charge < -0.3 is 15.2 Å². The van der Waals surface area contributed by atoms with Gasteiger partial charge in [-0.05, 0) is 35.9 Å². The molecule has 3 rings (SSSR count). The Morgan fingerprint density at radius 3 is 2.67 bits per heavy atom. The van der Waals surface area contributed by atoms with Crippen molar-refractivity contribution in [3.8, 4) is 16.9 Å². The maximum atomic E-state index is 10.5. The zero-order chi connectivity index (χ0) is 17.3. The molecule has 0 radical (unpaired) electrons. The van der Waals surface area contributed by atoms with Crippen molar-refractivity contribution < 1.29 is 14.6 Å². The molecule has 0 bridgehead atoms. The van der Waals surface area contributed by atoms with Gasteiger partial charge in [0, 0.05) is 45.6 Å². The van der Waals surface area contributed by atoms with Crippen LogP contribution in [0, 0.1) is 0 Å². The number of carbonyl (C=O) groups is 1. The Hall–Kier alpha value is -1.62. The van der Waals surface area contributed by atoms with E-state index in [1.807, 2.05) is 6.07 Å². The van der Waals surface area contributed by atoms with E-state index in [2.05, 4.69) is 5.32 Å². The fourth-order valence-corrected chi connectivity index (χ4v) is 3.43. The standard InChI is InChI=1S/C17H14Cl3NO3/c18-10-1-2-15(20)13(7-10)14-8-11(19)5-9-6-12(24-16(9)14)3-4-21-17(22)23/h1-2,5,7-8,12,21H,3-4,6H2,(H,22,23). The highest BCUT2D eigenvalue weighted by atomic mass is 35.5. The first-order valence-corrected chi connectivity index (χ1v) is 8.48. The summed E-state index contributed by atoms with van der Waals surface area (Å²) in [5.41, 5.74) is 2.53. The van der Waals surface area contributed by atoms with E-state index in [1.54, 1.807) is 24.3 Å². The summed E-state index contributed by atoms with van der Waals surface area (Å²) in [6.45, 7) is 0.328. The quantitative estimate of drug-likeness (QED) is 0.752. The number of halogens is 3. The van der Waals surface area contributed by atoms with E-state index in [-0.39, 0.29) is 6.10 Å². The minimum Gasteiger partial charge on any atom is -0.489 e. The van der Waals surface area contributed by atoms with Gasteiger partial charge in [-0.2, -0.15) is 0 Å². The van der Waals surface area contributed by atoms with Gasteiger partial charge in [0.05, 0.1) is 0 Å². The monoisotopic (exact) mass is 385 g/mol. The normalized spacial score (nSPS) is 15.7. The number of ether oxygens (including phenoxy) is 1. The molecule has 0 saturated carbocycles. The van der Waals surface area contributed by atoms with Crippen molar-refractivity contribution in [3.63, 3.8) is 0 Å². The molecule has 1 atom stereocenters. The van der Waals surface area contributed by atoms with Crippen LogP contribution in [0.25, 0.3) is 11.1 Å². The molecular formula is C17H14Cl3NO3. The molecule has 0 fully saturated rings. The number of hydrogen-bond acceptors (Lipinski definition) is 2. The Labute approximate surface area is 154 Å². The smallest absolute Gasteiger partial charge is 0.404 e. The van der Waals surface area contributed by atoms with Gasteiger partial charge in [-0.15, -0.1) is 0 Å². The lowest BCUT2D eigenvalue weighted by Gasteiger charge is -2.14. The summed E-state index contributed by atoms with van der Waals surface area (Å²) in [5.74, 6) is 0.726. The summed E-state index contributed by atoms with van der Waals surface area (Å²) in [6.07, 6.45) is 0.0888. The molecular weight excluding hydrogens is 373 g/mol. The van der Waals surface area contributed by atoms with Crippen molar-refractivity contribution in [1.29, 1.82) is 0 Å². The first-order chi connectivity index (χ1) is 11.4. The van der Waals surface area contributed by atoms with Gasteiger partial charge in [0.2, 0.25) is 0 Å². The second-order valence-corrected chi connectivity index (χ2v) is 6.81. The van der Waals surface area contributed by atoms with Gasteiger partial charge >= 0.3 is 6.09 Å². The van der Waals surface area contributed by atoms with Crippen molar-refractivity contribution in [2.24, 2.45) is 0 Å². The third kappa shape index (κ3) is 3.72. The number of benzene rings is 2. The number of rotatable bonds is 4. The molecule has 1 unspecified atom stereocenters. The summed E-state index contributed by atoms with van der Waals surface area (Å²) >= 11 is 18.6. The van der Waals surface area contributed by atoms with Crippen molar-refractivity contribution in [2.45, 2.75) is 18.9 Å². The van der Waals surface area contributed by atoms with Crippen LogP contribution in [0.2, 0.25) is 15.1 Å². The zero-order valence-corrected chi connectivity index (χ0v) is 14.8. The van der Waals surface area contributed by atoms with Crippen LogP contribution in [0.1, 0.15) is 12.0 Å². The highest BCUT2D eigenvalue weighted by Crippen LogP contribution is 2.44. The van der Waals surface area contributed by atoms with Crippen molar-refractivity contribution in [1.82, 2.24) is 5.32 Å². The van der Waals surface area contributed by atoms with Crippen molar-refractivity contribution >= 4 is 40.9 Å². The van der Waals surface area contributed by atoms with E-state index in [1.165, 1.54) is 0 Å². The van der Waals surface area contributed by atoms with Gasteiger partial charge in [-0.3, -0.25) is 0 Å². The van der Waals surface area contributed by atoms with Crippen LogP contribution >= 0.6 is 34.8 Å². The average molecular weight is 387 g/mol. The van der Waals surface area contributed by atoms with E-state index in [0.717, 1.165) is 22.4 Å². The Bertz CT molecular complexity index is 795. The molecule has 0 aliphatic carbocycles. The second-order valence-electron chi connectivity index (χ2n) is 5.53. The molecule has 0 saturated heterocycles. The predicted molar refractivity (Wildman–Crippen MR) is 95.7 cm³/mol. The number of hydrogen-bond donors (Lipinski definition) is 2. The fraction of sp³-hybridized carbons (Fsp3) is 0.235. The van der Waals surface area contributed by atoms with Crippen LogP contribution in [0.5, 0.6) is 5.75 Å². The number of nitrogens with one attached hydrogen (secondary N) is 1. The molecule has 1 aliphatic heterocycles. The van der Waals surface area contributed by atoms with Crippen LogP contribution < -0.4 is 10.1 Å². The molecule has 7 heteroatoms. The third-order valence-corrected chi connectivity index (χ3v) is 4.61. The molecule has 2 aromatic rings. The maximum absolute atomic E-state index is 10.5. The van der Waals surface area contributed by atoms with Crippen LogP contribution in [0.15, 0.2) is 30.3 Å². The molecule has 1 amide bonds. The van der Waals surface area contributed by atoms with Gasteiger partial charge in [0.15, 0.2) is 0 Å². The van der Waals surface area contributed by atoms with E-state index in [4.69, 9.17) is 44.6 Å². The van der Waals surface area contributed by atoms with Crippen LogP contribution in [0.4, 0.5) is 4.79 Å². The Kier molecular flexibility index (Phi) is 5.09. The lowest BCUT2D eigenvalue weighted by Crippen LogP contribution is -2.26. The Morgan fingerprint density at radius 2 is 1.92 bits per heavy atom. The van der Waals surface area contributed by atoms with E-state index < -0.39 is 6.09 Å². The van der Waals surface area contributed by atoms with Crippen LogP contribution in [0.3, 0.4) is 0 Å². The molecule has 2 aromatic carbocycles. The third-order valence-electron chi connectivity index (χ3n) is 3.82. The maximum Gasteiger partial charge on any atom is 0.404 e. The fourth-order valence-electron chi connectivity index (χ4n) is 2.80. The molecule has 4 nitrogen and oxygen atoms in total. The number of amides is 1. The molecule has 1 aliphatic rings. The van der Waals surface area contributed by atoms with Crippen molar-refractivity contribution in [3.05, 3.63) is 51.0 Å². The predicted octanol–water partition coefficient (Wildman–Crippen LogP) is 5.28.